The summed E-state index contributed by atoms with van der Waals surface area (Å²) in [6.07, 6.45) is 9.08. The molecule has 1 fully saturated rings. The molecule has 0 aromatic carbocycles. The Kier molecular flexibility index (Phi) is 5.14. The molecule has 1 heteroatoms. The zero-order valence-corrected chi connectivity index (χ0v) is 9.10. The van der Waals surface area contributed by atoms with Crippen LogP contribution in [0.25, 0.3) is 0 Å². The van der Waals surface area contributed by atoms with Crippen molar-refractivity contribution < 1.29 is 0 Å². The molecule has 76 valence electrons. The van der Waals surface area contributed by atoms with Crippen LogP contribution in [0.5, 0.6) is 0 Å². The van der Waals surface area contributed by atoms with Gasteiger partial charge in [-0.15, -0.1) is 0 Å². The monoisotopic (exact) mass is 181 g/mol. The van der Waals surface area contributed by atoms with Gasteiger partial charge in [0.15, 0.2) is 0 Å². The van der Waals surface area contributed by atoms with Crippen LogP contribution in [0.4, 0.5) is 0 Å². The molecule has 0 spiro atoms. The molecule has 0 radical (unpaired) electrons. The van der Waals surface area contributed by atoms with Crippen LogP contribution >= 0.6 is 0 Å². The van der Waals surface area contributed by atoms with Gasteiger partial charge in [-0.2, -0.15) is 0 Å². The second kappa shape index (κ2) is 6.20. The van der Waals surface area contributed by atoms with Crippen molar-refractivity contribution in [3.63, 3.8) is 0 Å². The molecule has 1 heterocycles. The van der Waals surface area contributed by atoms with E-state index < -0.39 is 0 Å². The van der Waals surface area contributed by atoms with E-state index in [9.17, 15) is 0 Å². The predicted molar refractivity (Wildman–Crippen MR) is 58.9 cm³/mol. The molecule has 0 aliphatic carbocycles. The molecule has 0 amide bonds. The lowest BCUT2D eigenvalue weighted by Gasteiger charge is -2.07. The van der Waals surface area contributed by atoms with Crippen LogP contribution in [-0.4, -0.2) is 13.1 Å². The molecule has 0 aromatic rings. The van der Waals surface area contributed by atoms with Gasteiger partial charge < -0.3 is 5.32 Å². The SMILES string of the molecule is CCCC(C)/C=C1/CCCNCC1. The smallest absolute Gasteiger partial charge is 0.00116 e. The van der Waals surface area contributed by atoms with Crippen LogP contribution in [-0.2, 0) is 0 Å². The summed E-state index contributed by atoms with van der Waals surface area (Å²) >= 11 is 0. The Morgan fingerprint density at radius 3 is 3.00 bits per heavy atom. The van der Waals surface area contributed by atoms with Gasteiger partial charge in [0, 0.05) is 0 Å². The minimum Gasteiger partial charge on any atom is -0.316 e. The van der Waals surface area contributed by atoms with E-state index in [1.807, 2.05) is 0 Å². The highest BCUT2D eigenvalue weighted by molar-refractivity contribution is 5.05. The van der Waals surface area contributed by atoms with Crippen LogP contribution in [0.3, 0.4) is 0 Å². The number of allylic oxidation sites excluding steroid dienone is 1. The van der Waals surface area contributed by atoms with E-state index in [2.05, 4.69) is 25.2 Å². The van der Waals surface area contributed by atoms with Crippen LogP contribution in [0.15, 0.2) is 11.6 Å². The first kappa shape index (κ1) is 10.8. The van der Waals surface area contributed by atoms with Gasteiger partial charge in [-0.05, 0) is 44.7 Å². The molecule has 0 saturated carbocycles. The second-order valence-electron chi connectivity index (χ2n) is 4.19. The molecule has 1 rings (SSSR count). The van der Waals surface area contributed by atoms with Gasteiger partial charge in [0.25, 0.3) is 0 Å². The fourth-order valence-corrected chi connectivity index (χ4v) is 2.05. The van der Waals surface area contributed by atoms with E-state index in [-0.39, 0.29) is 0 Å². The third-order valence-corrected chi connectivity index (χ3v) is 2.74. The first-order chi connectivity index (χ1) is 6.33. The molecular weight excluding hydrogens is 158 g/mol. The summed E-state index contributed by atoms with van der Waals surface area (Å²) in [7, 11) is 0. The average molecular weight is 181 g/mol. The van der Waals surface area contributed by atoms with Crippen molar-refractivity contribution in [2.75, 3.05) is 13.1 Å². The van der Waals surface area contributed by atoms with E-state index in [4.69, 9.17) is 0 Å². The molecule has 1 aliphatic rings. The van der Waals surface area contributed by atoms with Gasteiger partial charge in [-0.25, -0.2) is 0 Å². The number of rotatable bonds is 3. The average Bonchev–Trinajstić information content (AvgIpc) is 2.33. The Morgan fingerprint density at radius 2 is 2.23 bits per heavy atom. The predicted octanol–water partition coefficient (Wildman–Crippen LogP) is 3.12. The number of hydrogen-bond donors (Lipinski definition) is 1. The highest BCUT2D eigenvalue weighted by Crippen LogP contribution is 2.17. The molecule has 1 saturated heterocycles. The number of nitrogens with one attached hydrogen (secondary N) is 1. The fourth-order valence-electron chi connectivity index (χ4n) is 2.05. The summed E-state index contributed by atoms with van der Waals surface area (Å²) in [5.41, 5.74) is 1.69. The van der Waals surface area contributed by atoms with Crippen molar-refractivity contribution in [3.05, 3.63) is 11.6 Å². The van der Waals surface area contributed by atoms with E-state index in [1.165, 1.54) is 45.2 Å². The summed E-state index contributed by atoms with van der Waals surface area (Å²) in [5.74, 6) is 0.790. The molecule has 1 N–H and O–H groups in total. The summed E-state index contributed by atoms with van der Waals surface area (Å²) in [4.78, 5) is 0. The maximum Gasteiger partial charge on any atom is -0.00116 e. The maximum absolute atomic E-state index is 3.44. The summed E-state index contributed by atoms with van der Waals surface area (Å²) < 4.78 is 0. The Bertz CT molecular complexity index is 151. The van der Waals surface area contributed by atoms with Gasteiger partial charge in [0.2, 0.25) is 0 Å². The van der Waals surface area contributed by atoms with Gasteiger partial charge in [-0.1, -0.05) is 31.9 Å². The van der Waals surface area contributed by atoms with Crippen molar-refractivity contribution >= 4 is 0 Å². The molecule has 13 heavy (non-hydrogen) atoms. The van der Waals surface area contributed by atoms with E-state index in [0.29, 0.717) is 0 Å². The summed E-state index contributed by atoms with van der Waals surface area (Å²) in [6, 6.07) is 0. The molecule has 1 unspecified atom stereocenters. The lowest BCUT2D eigenvalue weighted by atomic mass is 9.99. The van der Waals surface area contributed by atoms with Gasteiger partial charge >= 0.3 is 0 Å². The van der Waals surface area contributed by atoms with Crippen molar-refractivity contribution in [3.8, 4) is 0 Å². The third-order valence-electron chi connectivity index (χ3n) is 2.74. The Labute approximate surface area is 82.6 Å². The highest BCUT2D eigenvalue weighted by atomic mass is 14.8. The minimum absolute atomic E-state index is 0.790. The van der Waals surface area contributed by atoms with Gasteiger partial charge in [-0.3, -0.25) is 0 Å². The van der Waals surface area contributed by atoms with E-state index in [1.54, 1.807) is 5.57 Å². The largest absolute Gasteiger partial charge is 0.316 e. The molecule has 1 atom stereocenters. The quantitative estimate of drug-likeness (QED) is 0.660. The van der Waals surface area contributed by atoms with Crippen LogP contribution in [0.2, 0.25) is 0 Å². The van der Waals surface area contributed by atoms with Crippen molar-refractivity contribution in [2.24, 2.45) is 5.92 Å². The zero-order chi connectivity index (χ0) is 9.52. The maximum atomic E-state index is 3.44. The lowest BCUT2D eigenvalue weighted by molar-refractivity contribution is 0.624. The normalized spacial score (nSPS) is 24.3. The van der Waals surface area contributed by atoms with Gasteiger partial charge in [0.1, 0.15) is 0 Å². The molecule has 1 aliphatic heterocycles. The van der Waals surface area contributed by atoms with Crippen LogP contribution in [0, 0.1) is 5.92 Å². The molecule has 0 aromatic heterocycles. The first-order valence-electron chi connectivity index (χ1n) is 5.73. The lowest BCUT2D eigenvalue weighted by Crippen LogP contribution is -2.13. The Hall–Kier alpha value is -0.300. The van der Waals surface area contributed by atoms with Gasteiger partial charge in [0.05, 0.1) is 0 Å². The van der Waals surface area contributed by atoms with E-state index in [0.717, 1.165) is 5.92 Å². The Morgan fingerprint density at radius 1 is 1.38 bits per heavy atom. The van der Waals surface area contributed by atoms with Crippen molar-refractivity contribution in [2.45, 2.75) is 46.0 Å². The van der Waals surface area contributed by atoms with Crippen molar-refractivity contribution in [1.29, 1.82) is 0 Å². The Balaban J connectivity index is 2.37. The minimum atomic E-state index is 0.790. The summed E-state index contributed by atoms with van der Waals surface area (Å²) in [5, 5.41) is 3.44. The van der Waals surface area contributed by atoms with Crippen molar-refractivity contribution in [1.82, 2.24) is 5.32 Å². The van der Waals surface area contributed by atoms with Crippen LogP contribution in [0.1, 0.15) is 46.0 Å². The van der Waals surface area contributed by atoms with Crippen LogP contribution < -0.4 is 5.32 Å². The summed E-state index contributed by atoms with van der Waals surface area (Å²) in [6.45, 7) is 7.00. The standard InChI is InChI=1S/C12H23N/c1-3-5-11(2)10-12-6-4-8-13-9-7-12/h10-11,13H,3-9H2,1-2H3/b12-10-. The number of hydrogen-bond acceptors (Lipinski definition) is 1. The molecular formula is C12H23N. The highest BCUT2D eigenvalue weighted by Gasteiger charge is 2.04. The zero-order valence-electron chi connectivity index (χ0n) is 9.10. The fraction of sp³-hybridized carbons (Fsp3) is 0.833. The third kappa shape index (κ3) is 4.47. The first-order valence-corrected chi connectivity index (χ1v) is 5.73. The molecule has 1 nitrogen and oxygen atoms in total. The second-order valence-corrected chi connectivity index (χ2v) is 4.19. The van der Waals surface area contributed by atoms with E-state index >= 15 is 0 Å². The topological polar surface area (TPSA) is 12.0 Å². The molecule has 0 bridgehead atoms.